The summed E-state index contributed by atoms with van der Waals surface area (Å²) in [6.07, 6.45) is 3.80. The molecule has 0 spiro atoms. The fourth-order valence-electron chi connectivity index (χ4n) is 3.67. The van der Waals surface area contributed by atoms with Crippen LogP contribution >= 0.6 is 0 Å². The normalized spacial score (nSPS) is 17.4. The van der Waals surface area contributed by atoms with Crippen LogP contribution in [0.5, 0.6) is 11.5 Å². The highest BCUT2D eigenvalue weighted by molar-refractivity contribution is 5.72. The third-order valence-corrected chi connectivity index (χ3v) is 5.04. The van der Waals surface area contributed by atoms with Gasteiger partial charge in [-0.15, -0.1) is 0 Å². The van der Waals surface area contributed by atoms with Crippen molar-refractivity contribution in [3.8, 4) is 11.5 Å². The minimum atomic E-state index is -0.371. The molecule has 0 bridgehead atoms. The summed E-state index contributed by atoms with van der Waals surface area (Å²) in [5, 5.41) is 0. The third-order valence-electron chi connectivity index (χ3n) is 5.04. The van der Waals surface area contributed by atoms with Crippen molar-refractivity contribution in [2.45, 2.75) is 12.6 Å². The number of para-hydroxylation sites is 1. The zero-order valence-corrected chi connectivity index (χ0v) is 15.6. The van der Waals surface area contributed by atoms with Crippen LogP contribution in [-0.4, -0.2) is 40.4 Å². The topological polar surface area (TPSA) is 74.6 Å². The molecule has 1 aliphatic heterocycles. The van der Waals surface area contributed by atoms with E-state index in [0.29, 0.717) is 6.54 Å². The molecule has 3 aromatic rings. The predicted octanol–water partition coefficient (Wildman–Crippen LogP) is 3.74. The van der Waals surface area contributed by atoms with Gasteiger partial charge in [-0.05, 0) is 41.5 Å². The van der Waals surface area contributed by atoms with Gasteiger partial charge >= 0.3 is 6.03 Å². The van der Waals surface area contributed by atoms with Crippen LogP contribution in [0.3, 0.4) is 0 Å². The Morgan fingerprint density at radius 2 is 1.89 bits per heavy atom. The summed E-state index contributed by atoms with van der Waals surface area (Å²) in [6, 6.07) is 19.5. The molecule has 0 radical (unpaired) electrons. The number of benzene rings is 2. The smallest absolute Gasteiger partial charge is 0.315 e. The van der Waals surface area contributed by atoms with Gasteiger partial charge in [0.1, 0.15) is 11.5 Å². The van der Waals surface area contributed by atoms with Crippen molar-refractivity contribution in [1.29, 1.82) is 0 Å². The number of carbonyl (C=O) groups is 1. The molecule has 0 aliphatic carbocycles. The average Bonchev–Trinajstić information content (AvgIpc) is 3.23. The number of nitrogens with two attached hydrogens (primary N) is 1. The van der Waals surface area contributed by atoms with Crippen LogP contribution in [0, 0.1) is 0 Å². The molecule has 1 fully saturated rings. The first-order chi connectivity index (χ1) is 13.7. The number of piperazine rings is 1. The zero-order chi connectivity index (χ0) is 19.3. The van der Waals surface area contributed by atoms with Gasteiger partial charge in [0.05, 0.1) is 6.04 Å². The van der Waals surface area contributed by atoms with Crippen LogP contribution in [0.1, 0.15) is 17.2 Å². The quantitative estimate of drug-likeness (QED) is 0.712. The Bertz CT molecular complexity index is 911. The van der Waals surface area contributed by atoms with Gasteiger partial charge in [-0.2, -0.15) is 0 Å². The number of rotatable bonds is 5. The standard InChI is InChI=1S/C22H24N4O2/c23-22(27)26-12-11-25(16-21(26)18-9-10-24-14-18)15-17-5-4-8-20(13-17)28-19-6-2-1-3-7-19/h1-10,13-14,21,24H,11-12,15-16H2,(H2,23,27). The van der Waals surface area contributed by atoms with Crippen molar-refractivity contribution in [3.05, 3.63) is 84.2 Å². The average molecular weight is 376 g/mol. The number of amides is 2. The summed E-state index contributed by atoms with van der Waals surface area (Å²) in [4.78, 5) is 19.0. The van der Waals surface area contributed by atoms with E-state index in [9.17, 15) is 4.79 Å². The van der Waals surface area contributed by atoms with E-state index < -0.39 is 0 Å². The molecule has 6 nitrogen and oxygen atoms in total. The zero-order valence-electron chi connectivity index (χ0n) is 15.6. The number of nitrogens with zero attached hydrogens (tertiary/aromatic N) is 2. The number of nitrogens with one attached hydrogen (secondary N) is 1. The number of primary amides is 1. The number of urea groups is 1. The van der Waals surface area contributed by atoms with Crippen LogP contribution in [0.15, 0.2) is 73.1 Å². The fraction of sp³-hybridized carbons (Fsp3) is 0.227. The van der Waals surface area contributed by atoms with E-state index in [2.05, 4.69) is 22.0 Å². The lowest BCUT2D eigenvalue weighted by molar-refractivity contribution is 0.0939. The van der Waals surface area contributed by atoms with E-state index in [-0.39, 0.29) is 12.1 Å². The second-order valence-electron chi connectivity index (χ2n) is 6.99. The maximum atomic E-state index is 11.8. The predicted molar refractivity (Wildman–Crippen MR) is 108 cm³/mol. The number of aromatic amines is 1. The van der Waals surface area contributed by atoms with Crippen LogP contribution in [0.25, 0.3) is 0 Å². The van der Waals surface area contributed by atoms with Crippen molar-refractivity contribution < 1.29 is 9.53 Å². The minimum absolute atomic E-state index is 0.0405. The number of carbonyl (C=O) groups excluding carboxylic acids is 1. The summed E-state index contributed by atoms with van der Waals surface area (Å²) in [5.41, 5.74) is 7.85. The number of hydrogen-bond donors (Lipinski definition) is 2. The molecule has 4 rings (SSSR count). The Labute approximate surface area is 164 Å². The Kier molecular flexibility index (Phi) is 5.30. The summed E-state index contributed by atoms with van der Waals surface area (Å²) in [6.45, 7) is 2.93. The van der Waals surface area contributed by atoms with Gasteiger partial charge < -0.3 is 20.4 Å². The highest BCUT2D eigenvalue weighted by atomic mass is 16.5. The van der Waals surface area contributed by atoms with Crippen LogP contribution < -0.4 is 10.5 Å². The molecule has 0 saturated carbocycles. The van der Waals surface area contributed by atoms with Crippen LogP contribution in [0.4, 0.5) is 4.79 Å². The molecular formula is C22H24N4O2. The van der Waals surface area contributed by atoms with Crippen molar-refractivity contribution in [3.63, 3.8) is 0 Å². The molecule has 2 heterocycles. The molecule has 28 heavy (non-hydrogen) atoms. The molecule has 1 aromatic heterocycles. The Balaban J connectivity index is 1.45. The first kappa shape index (κ1) is 18.1. The number of aromatic nitrogens is 1. The van der Waals surface area contributed by atoms with Crippen LogP contribution in [0.2, 0.25) is 0 Å². The van der Waals surface area contributed by atoms with E-state index in [0.717, 1.165) is 36.7 Å². The maximum Gasteiger partial charge on any atom is 0.315 e. The van der Waals surface area contributed by atoms with E-state index in [1.807, 2.05) is 60.9 Å². The maximum absolute atomic E-state index is 11.8. The van der Waals surface area contributed by atoms with Crippen molar-refractivity contribution in [1.82, 2.24) is 14.8 Å². The molecule has 2 amide bonds. The monoisotopic (exact) mass is 376 g/mol. The largest absolute Gasteiger partial charge is 0.457 e. The van der Waals surface area contributed by atoms with E-state index in [1.54, 1.807) is 4.90 Å². The summed E-state index contributed by atoms with van der Waals surface area (Å²) in [7, 11) is 0. The molecule has 1 atom stereocenters. The van der Waals surface area contributed by atoms with Gasteiger partial charge in [-0.1, -0.05) is 30.3 Å². The van der Waals surface area contributed by atoms with E-state index >= 15 is 0 Å². The van der Waals surface area contributed by atoms with Gasteiger partial charge in [0.25, 0.3) is 0 Å². The highest BCUT2D eigenvalue weighted by Gasteiger charge is 2.30. The minimum Gasteiger partial charge on any atom is -0.457 e. The first-order valence-electron chi connectivity index (χ1n) is 9.42. The lowest BCUT2D eigenvalue weighted by atomic mass is 10.0. The van der Waals surface area contributed by atoms with Crippen molar-refractivity contribution in [2.24, 2.45) is 5.73 Å². The number of H-pyrrole nitrogens is 1. The van der Waals surface area contributed by atoms with Gasteiger partial charge in [-0.3, -0.25) is 4.90 Å². The lowest BCUT2D eigenvalue weighted by Crippen LogP contribution is -2.51. The molecule has 6 heteroatoms. The van der Waals surface area contributed by atoms with E-state index in [4.69, 9.17) is 10.5 Å². The van der Waals surface area contributed by atoms with Gasteiger partial charge in [0, 0.05) is 38.6 Å². The molecule has 144 valence electrons. The SMILES string of the molecule is NC(=O)N1CCN(Cc2cccc(Oc3ccccc3)c2)CC1c1cc[nH]c1. The molecule has 1 saturated heterocycles. The Morgan fingerprint density at radius 3 is 2.64 bits per heavy atom. The molecule has 1 aliphatic rings. The number of ether oxygens (including phenoxy) is 1. The van der Waals surface area contributed by atoms with Crippen molar-refractivity contribution in [2.75, 3.05) is 19.6 Å². The van der Waals surface area contributed by atoms with Gasteiger partial charge in [-0.25, -0.2) is 4.79 Å². The van der Waals surface area contributed by atoms with Gasteiger partial charge in [0.15, 0.2) is 0 Å². The van der Waals surface area contributed by atoms with E-state index in [1.165, 1.54) is 5.56 Å². The molecule has 1 unspecified atom stereocenters. The third kappa shape index (κ3) is 4.18. The Morgan fingerprint density at radius 1 is 1.07 bits per heavy atom. The molecule has 2 aromatic carbocycles. The summed E-state index contributed by atoms with van der Waals surface area (Å²) < 4.78 is 5.94. The number of hydrogen-bond acceptors (Lipinski definition) is 3. The van der Waals surface area contributed by atoms with Crippen LogP contribution in [-0.2, 0) is 6.54 Å². The molecule has 3 N–H and O–H groups in total. The van der Waals surface area contributed by atoms with Crippen molar-refractivity contribution >= 4 is 6.03 Å². The summed E-state index contributed by atoms with van der Waals surface area (Å²) >= 11 is 0. The molecular weight excluding hydrogens is 352 g/mol. The lowest BCUT2D eigenvalue weighted by Gasteiger charge is -2.40. The summed E-state index contributed by atoms with van der Waals surface area (Å²) in [5.74, 6) is 1.64. The first-order valence-corrected chi connectivity index (χ1v) is 9.42. The second-order valence-corrected chi connectivity index (χ2v) is 6.99. The second kappa shape index (κ2) is 8.19. The fourth-order valence-corrected chi connectivity index (χ4v) is 3.67. The highest BCUT2D eigenvalue weighted by Crippen LogP contribution is 2.27. The Hall–Kier alpha value is -3.25. The van der Waals surface area contributed by atoms with Gasteiger partial charge in [0.2, 0.25) is 0 Å².